The standard InChI is InChI=1S/C30H31F3NO2.BrH/c31-26-9-7-21(8-10-26)11-14-34-15-12-22(13-16-34)25(20-34)19-29(35)36-30(23-3-1-5-27(32)17-23)24-4-2-6-28(33)18-24;/h1-10,17-18,22,25,30H,11-16,19-20H2;1H/q+1;/p-1/t22?,25-,34?;/m0./s1. The maximum atomic E-state index is 14.0. The summed E-state index contributed by atoms with van der Waals surface area (Å²) in [6.07, 6.45) is 2.47. The molecule has 0 aromatic heterocycles. The van der Waals surface area contributed by atoms with Gasteiger partial charge in [0.15, 0.2) is 6.10 Å². The van der Waals surface area contributed by atoms with Crippen LogP contribution >= 0.6 is 0 Å². The molecule has 3 saturated heterocycles. The zero-order chi connectivity index (χ0) is 25.1. The van der Waals surface area contributed by atoms with Crippen molar-refractivity contribution < 1.29 is 44.2 Å². The summed E-state index contributed by atoms with van der Waals surface area (Å²) in [4.78, 5) is 13.2. The highest BCUT2D eigenvalue weighted by molar-refractivity contribution is 5.70. The third kappa shape index (κ3) is 6.63. The van der Waals surface area contributed by atoms with Gasteiger partial charge in [-0.25, -0.2) is 13.2 Å². The average Bonchev–Trinajstić information content (AvgIpc) is 2.88. The number of halogens is 4. The Hall–Kier alpha value is -2.64. The van der Waals surface area contributed by atoms with Crippen LogP contribution in [0.2, 0.25) is 0 Å². The van der Waals surface area contributed by atoms with Gasteiger partial charge in [-0.15, -0.1) is 0 Å². The molecule has 2 bridgehead atoms. The van der Waals surface area contributed by atoms with Crippen molar-refractivity contribution in [3.05, 3.63) is 107 Å². The summed E-state index contributed by atoms with van der Waals surface area (Å²) in [5.74, 6) is -0.731. The summed E-state index contributed by atoms with van der Waals surface area (Å²) in [6, 6.07) is 18.5. The van der Waals surface area contributed by atoms with Crippen molar-refractivity contribution in [2.75, 3.05) is 26.2 Å². The largest absolute Gasteiger partial charge is 1.00 e. The molecule has 0 radical (unpaired) electrons. The molecule has 0 saturated carbocycles. The number of carbonyl (C=O) groups excluding carboxylic acids is 1. The number of piperidine rings is 3. The van der Waals surface area contributed by atoms with E-state index < -0.39 is 17.7 Å². The van der Waals surface area contributed by atoms with Crippen molar-refractivity contribution in [1.29, 1.82) is 0 Å². The van der Waals surface area contributed by atoms with E-state index in [2.05, 4.69) is 0 Å². The number of hydrogen-bond donors (Lipinski definition) is 0. The molecule has 6 rings (SSSR count). The van der Waals surface area contributed by atoms with Gasteiger partial charge in [0.1, 0.15) is 17.5 Å². The molecule has 0 spiro atoms. The number of esters is 1. The van der Waals surface area contributed by atoms with Gasteiger partial charge < -0.3 is 26.2 Å². The van der Waals surface area contributed by atoms with E-state index in [1.165, 1.54) is 36.4 Å². The van der Waals surface area contributed by atoms with E-state index in [4.69, 9.17) is 4.74 Å². The Bertz CT molecular complexity index is 1170. The van der Waals surface area contributed by atoms with E-state index in [1.807, 2.05) is 12.1 Å². The van der Waals surface area contributed by atoms with E-state index in [-0.39, 0.29) is 34.7 Å². The monoisotopic (exact) mass is 573 g/mol. The predicted octanol–water partition coefficient (Wildman–Crippen LogP) is 3.23. The van der Waals surface area contributed by atoms with Crippen LogP contribution < -0.4 is 17.0 Å². The predicted molar refractivity (Wildman–Crippen MR) is 131 cm³/mol. The van der Waals surface area contributed by atoms with Crippen molar-refractivity contribution >= 4 is 5.97 Å². The van der Waals surface area contributed by atoms with Crippen LogP contribution in [0.3, 0.4) is 0 Å². The van der Waals surface area contributed by atoms with E-state index in [1.54, 1.807) is 24.3 Å². The Morgan fingerprint density at radius 3 is 2.03 bits per heavy atom. The molecular weight excluding hydrogens is 543 g/mol. The van der Waals surface area contributed by atoms with Crippen molar-refractivity contribution in [2.45, 2.75) is 31.8 Å². The van der Waals surface area contributed by atoms with Gasteiger partial charge in [0.2, 0.25) is 0 Å². The van der Waals surface area contributed by atoms with E-state index in [0.717, 1.165) is 55.5 Å². The van der Waals surface area contributed by atoms with E-state index in [9.17, 15) is 18.0 Å². The molecule has 0 aliphatic carbocycles. The second-order valence-electron chi connectivity index (χ2n) is 10.4. The zero-order valence-corrected chi connectivity index (χ0v) is 22.2. The minimum Gasteiger partial charge on any atom is -1.00 e. The molecule has 0 amide bonds. The fraction of sp³-hybridized carbons (Fsp3) is 0.367. The SMILES string of the molecule is O=C(C[C@H]1C[N+]2(CCc3ccc(F)cc3)CCC1CC2)OC(c1cccc(F)c1)c1cccc(F)c1.[Br-]. The van der Waals surface area contributed by atoms with Crippen LogP contribution in [0.15, 0.2) is 72.8 Å². The highest BCUT2D eigenvalue weighted by Gasteiger charge is 2.46. The van der Waals surface area contributed by atoms with Crippen LogP contribution in [0.4, 0.5) is 13.2 Å². The lowest BCUT2D eigenvalue weighted by Gasteiger charge is -2.52. The van der Waals surface area contributed by atoms with Crippen molar-refractivity contribution in [3.63, 3.8) is 0 Å². The van der Waals surface area contributed by atoms with Crippen LogP contribution in [-0.4, -0.2) is 36.6 Å². The number of fused-ring (bicyclic) bond motifs is 3. The second kappa shape index (κ2) is 11.8. The number of hydrogen-bond acceptors (Lipinski definition) is 2. The number of quaternary nitrogens is 1. The summed E-state index contributed by atoms with van der Waals surface area (Å²) in [5.41, 5.74) is 2.08. The maximum Gasteiger partial charge on any atom is 0.307 e. The van der Waals surface area contributed by atoms with Crippen molar-refractivity contribution in [2.24, 2.45) is 11.8 Å². The number of ether oxygens (including phenoxy) is 1. The molecule has 0 unspecified atom stereocenters. The molecule has 1 atom stereocenters. The fourth-order valence-electron chi connectivity index (χ4n) is 6.06. The summed E-state index contributed by atoms with van der Waals surface area (Å²) in [6.45, 7) is 4.10. The Labute approximate surface area is 226 Å². The van der Waals surface area contributed by atoms with Gasteiger partial charge in [-0.3, -0.25) is 4.79 Å². The number of carbonyl (C=O) groups is 1. The van der Waals surface area contributed by atoms with Gasteiger partial charge >= 0.3 is 5.97 Å². The van der Waals surface area contributed by atoms with Gasteiger partial charge in [-0.1, -0.05) is 36.4 Å². The molecule has 196 valence electrons. The first-order chi connectivity index (χ1) is 17.4. The lowest BCUT2D eigenvalue weighted by atomic mass is 9.75. The Balaban J connectivity index is 0.00000320. The Morgan fingerprint density at radius 1 is 0.865 bits per heavy atom. The highest BCUT2D eigenvalue weighted by atomic mass is 79.9. The molecule has 3 aromatic rings. The van der Waals surface area contributed by atoms with Crippen LogP contribution in [-0.2, 0) is 16.0 Å². The summed E-state index contributed by atoms with van der Waals surface area (Å²) < 4.78 is 48.1. The van der Waals surface area contributed by atoms with Crippen LogP contribution in [0.1, 0.15) is 42.1 Å². The molecule has 3 nitrogen and oxygen atoms in total. The number of rotatable bonds is 8. The normalized spacial score (nSPS) is 22.5. The second-order valence-corrected chi connectivity index (χ2v) is 10.4. The Kier molecular flexibility index (Phi) is 8.75. The third-order valence-electron chi connectivity index (χ3n) is 8.01. The molecule has 7 heteroatoms. The number of benzene rings is 3. The fourth-order valence-corrected chi connectivity index (χ4v) is 6.06. The average molecular weight is 574 g/mol. The van der Waals surface area contributed by atoms with Crippen molar-refractivity contribution in [3.8, 4) is 0 Å². The molecule has 3 aliphatic heterocycles. The molecular formula is C30H31BrF3NO2. The third-order valence-corrected chi connectivity index (χ3v) is 8.01. The summed E-state index contributed by atoms with van der Waals surface area (Å²) >= 11 is 0. The molecule has 3 fully saturated rings. The molecule has 3 heterocycles. The Morgan fingerprint density at radius 2 is 1.46 bits per heavy atom. The lowest BCUT2D eigenvalue weighted by molar-refractivity contribution is -0.946. The van der Waals surface area contributed by atoms with Crippen LogP contribution in [0.25, 0.3) is 0 Å². The quantitative estimate of drug-likeness (QED) is 0.305. The zero-order valence-electron chi connectivity index (χ0n) is 20.6. The smallest absolute Gasteiger partial charge is 0.307 e. The molecule has 3 aromatic carbocycles. The topological polar surface area (TPSA) is 26.3 Å². The van der Waals surface area contributed by atoms with E-state index >= 15 is 0 Å². The number of nitrogens with zero attached hydrogens (tertiary/aromatic N) is 1. The molecule has 37 heavy (non-hydrogen) atoms. The maximum absolute atomic E-state index is 14.0. The van der Waals surface area contributed by atoms with Gasteiger partial charge in [0, 0.05) is 25.2 Å². The molecule has 0 N–H and O–H groups in total. The highest BCUT2D eigenvalue weighted by Crippen LogP contribution is 2.40. The first kappa shape index (κ1) is 27.4. The first-order valence-corrected chi connectivity index (χ1v) is 12.7. The molecule has 3 aliphatic rings. The van der Waals surface area contributed by atoms with Crippen LogP contribution in [0, 0.1) is 29.3 Å². The van der Waals surface area contributed by atoms with Gasteiger partial charge in [-0.05, 0) is 59.0 Å². The lowest BCUT2D eigenvalue weighted by Crippen LogP contribution is -3.00. The van der Waals surface area contributed by atoms with E-state index in [0.29, 0.717) is 23.5 Å². The minimum absolute atomic E-state index is 0. The summed E-state index contributed by atoms with van der Waals surface area (Å²) in [7, 11) is 0. The summed E-state index contributed by atoms with van der Waals surface area (Å²) in [5, 5.41) is 0. The van der Waals surface area contributed by atoms with Gasteiger partial charge in [0.25, 0.3) is 0 Å². The van der Waals surface area contributed by atoms with Crippen LogP contribution in [0.5, 0.6) is 0 Å². The van der Waals surface area contributed by atoms with Crippen molar-refractivity contribution in [1.82, 2.24) is 0 Å². The first-order valence-electron chi connectivity index (χ1n) is 12.7. The minimum atomic E-state index is -0.869. The van der Waals surface area contributed by atoms with Gasteiger partial charge in [0.05, 0.1) is 32.6 Å². The van der Waals surface area contributed by atoms with Gasteiger partial charge in [-0.2, -0.15) is 0 Å².